The van der Waals surface area contributed by atoms with E-state index in [4.69, 9.17) is 4.74 Å². The van der Waals surface area contributed by atoms with Crippen LogP contribution in [0.2, 0.25) is 0 Å². The average molecular weight is 287 g/mol. The molecule has 1 atom stereocenters. The summed E-state index contributed by atoms with van der Waals surface area (Å²) >= 11 is 0. The van der Waals surface area contributed by atoms with Gasteiger partial charge in [0, 0.05) is 19.6 Å². The second-order valence-electron chi connectivity index (χ2n) is 6.89. The molecule has 0 heterocycles. The number of carbonyl (C=O) groups is 1. The van der Waals surface area contributed by atoms with Crippen LogP contribution in [0.5, 0.6) is 0 Å². The molecule has 0 radical (unpaired) electrons. The summed E-state index contributed by atoms with van der Waals surface area (Å²) in [7, 11) is 4.12. The van der Waals surface area contributed by atoms with E-state index in [0.29, 0.717) is 18.4 Å². The third kappa shape index (κ3) is 11.1. The zero-order valence-electron chi connectivity index (χ0n) is 14.2. The quantitative estimate of drug-likeness (QED) is 0.670. The molecule has 0 rings (SSSR count). The molecule has 0 bridgehead atoms. The molecule has 1 unspecified atom stereocenters. The molecule has 0 saturated heterocycles. The molecule has 0 aliphatic rings. The summed E-state index contributed by atoms with van der Waals surface area (Å²) in [6, 6.07) is 0. The number of ether oxygens (including phenoxy) is 1. The zero-order valence-corrected chi connectivity index (χ0v) is 14.2. The predicted molar refractivity (Wildman–Crippen MR) is 84.0 cm³/mol. The number of nitrogens with zero attached hydrogens (tertiary/aromatic N) is 1. The molecule has 2 N–H and O–H groups in total. The van der Waals surface area contributed by atoms with Gasteiger partial charge in [-0.3, -0.25) is 0 Å². The van der Waals surface area contributed by atoms with Gasteiger partial charge in [0.2, 0.25) is 0 Å². The first-order valence-electron chi connectivity index (χ1n) is 7.44. The van der Waals surface area contributed by atoms with E-state index in [1.54, 1.807) is 0 Å². The van der Waals surface area contributed by atoms with Gasteiger partial charge in [0.15, 0.2) is 0 Å². The Balaban J connectivity index is 4.00. The first-order chi connectivity index (χ1) is 9.11. The molecule has 0 spiro atoms. The van der Waals surface area contributed by atoms with Gasteiger partial charge >= 0.3 is 6.09 Å². The molecular formula is C15H33N3O2. The standard InChI is InChI=1S/C15H33N3O2/c1-12(2)13(10-16-8-9-18(6)7)11-17-14(19)20-15(3,4)5/h12-13,16H,8-11H2,1-7H3,(H,17,19). The van der Waals surface area contributed by atoms with Crippen LogP contribution < -0.4 is 10.6 Å². The fraction of sp³-hybridized carbons (Fsp3) is 0.933. The van der Waals surface area contributed by atoms with Crippen LogP contribution in [0, 0.1) is 11.8 Å². The maximum atomic E-state index is 11.6. The summed E-state index contributed by atoms with van der Waals surface area (Å²) in [6.45, 7) is 13.5. The molecule has 5 heteroatoms. The van der Waals surface area contributed by atoms with Gasteiger partial charge in [-0.2, -0.15) is 0 Å². The highest BCUT2D eigenvalue weighted by Crippen LogP contribution is 2.10. The number of rotatable bonds is 8. The van der Waals surface area contributed by atoms with Crippen LogP contribution in [0.1, 0.15) is 34.6 Å². The molecule has 0 aromatic rings. The smallest absolute Gasteiger partial charge is 0.407 e. The van der Waals surface area contributed by atoms with Gasteiger partial charge in [0.25, 0.3) is 0 Å². The Morgan fingerprint density at radius 3 is 2.25 bits per heavy atom. The molecule has 120 valence electrons. The minimum atomic E-state index is -0.443. The maximum Gasteiger partial charge on any atom is 0.407 e. The van der Waals surface area contributed by atoms with E-state index in [-0.39, 0.29) is 6.09 Å². The Labute approximate surface area is 124 Å². The first kappa shape index (κ1) is 19.2. The Morgan fingerprint density at radius 1 is 1.20 bits per heavy atom. The number of likely N-dealkylation sites (N-methyl/N-ethyl adjacent to an activating group) is 1. The fourth-order valence-corrected chi connectivity index (χ4v) is 1.66. The van der Waals surface area contributed by atoms with Crippen molar-refractivity contribution in [2.45, 2.75) is 40.2 Å². The van der Waals surface area contributed by atoms with E-state index >= 15 is 0 Å². The van der Waals surface area contributed by atoms with Crippen LogP contribution in [0.15, 0.2) is 0 Å². The van der Waals surface area contributed by atoms with Crippen LogP contribution in [0.4, 0.5) is 4.79 Å². The summed E-state index contributed by atoms with van der Waals surface area (Å²) in [6.07, 6.45) is -0.337. The Hall–Kier alpha value is -0.810. The van der Waals surface area contributed by atoms with Crippen LogP contribution in [0.25, 0.3) is 0 Å². The summed E-state index contributed by atoms with van der Waals surface area (Å²) in [5.74, 6) is 0.918. The van der Waals surface area contributed by atoms with Gasteiger partial charge in [-0.1, -0.05) is 13.8 Å². The lowest BCUT2D eigenvalue weighted by atomic mass is 9.96. The van der Waals surface area contributed by atoms with Crippen LogP contribution in [-0.2, 0) is 4.74 Å². The lowest BCUT2D eigenvalue weighted by molar-refractivity contribution is 0.0515. The normalized spacial score (nSPS) is 13.7. The highest BCUT2D eigenvalue weighted by atomic mass is 16.6. The van der Waals surface area contributed by atoms with Crippen molar-refractivity contribution < 1.29 is 9.53 Å². The van der Waals surface area contributed by atoms with Crippen molar-refractivity contribution in [1.82, 2.24) is 15.5 Å². The van der Waals surface area contributed by atoms with Gasteiger partial charge in [-0.05, 0) is 53.2 Å². The lowest BCUT2D eigenvalue weighted by Gasteiger charge is -2.24. The molecular weight excluding hydrogens is 254 g/mol. The third-order valence-electron chi connectivity index (χ3n) is 2.99. The second-order valence-corrected chi connectivity index (χ2v) is 6.89. The third-order valence-corrected chi connectivity index (χ3v) is 2.99. The molecule has 0 aliphatic heterocycles. The number of nitrogens with one attached hydrogen (secondary N) is 2. The monoisotopic (exact) mass is 287 g/mol. The number of hydrogen-bond acceptors (Lipinski definition) is 4. The van der Waals surface area contributed by atoms with Gasteiger partial charge < -0.3 is 20.3 Å². The summed E-state index contributed by atoms with van der Waals surface area (Å²) in [5.41, 5.74) is -0.443. The van der Waals surface area contributed by atoms with Crippen molar-refractivity contribution in [2.75, 3.05) is 40.3 Å². The lowest BCUT2D eigenvalue weighted by Crippen LogP contribution is -2.40. The molecule has 0 aromatic carbocycles. The van der Waals surface area contributed by atoms with E-state index in [0.717, 1.165) is 19.6 Å². The largest absolute Gasteiger partial charge is 0.444 e. The predicted octanol–water partition coefficient (Wildman–Crippen LogP) is 1.93. The summed E-state index contributed by atoms with van der Waals surface area (Å²) in [5, 5.41) is 6.30. The topological polar surface area (TPSA) is 53.6 Å². The Kier molecular flexibility index (Phi) is 8.81. The number of carbonyl (C=O) groups excluding carboxylic acids is 1. The molecule has 1 amide bonds. The van der Waals surface area contributed by atoms with Gasteiger partial charge in [-0.25, -0.2) is 4.79 Å². The fourth-order valence-electron chi connectivity index (χ4n) is 1.66. The van der Waals surface area contributed by atoms with Crippen molar-refractivity contribution >= 4 is 6.09 Å². The number of hydrogen-bond donors (Lipinski definition) is 2. The van der Waals surface area contributed by atoms with Gasteiger partial charge in [0.1, 0.15) is 5.60 Å². The van der Waals surface area contributed by atoms with E-state index in [9.17, 15) is 4.79 Å². The van der Waals surface area contributed by atoms with Crippen molar-refractivity contribution in [3.05, 3.63) is 0 Å². The highest BCUT2D eigenvalue weighted by Gasteiger charge is 2.18. The molecule has 20 heavy (non-hydrogen) atoms. The molecule has 0 fully saturated rings. The van der Waals surface area contributed by atoms with Crippen LogP contribution >= 0.6 is 0 Å². The van der Waals surface area contributed by atoms with Crippen molar-refractivity contribution in [3.63, 3.8) is 0 Å². The van der Waals surface area contributed by atoms with Crippen LogP contribution in [-0.4, -0.2) is 56.9 Å². The molecule has 5 nitrogen and oxygen atoms in total. The number of amides is 1. The van der Waals surface area contributed by atoms with Gasteiger partial charge in [0.05, 0.1) is 0 Å². The zero-order chi connectivity index (χ0) is 15.8. The van der Waals surface area contributed by atoms with E-state index in [1.165, 1.54) is 0 Å². The van der Waals surface area contributed by atoms with Crippen molar-refractivity contribution in [2.24, 2.45) is 11.8 Å². The van der Waals surface area contributed by atoms with Crippen molar-refractivity contribution in [3.8, 4) is 0 Å². The van der Waals surface area contributed by atoms with E-state index < -0.39 is 5.60 Å². The molecule has 0 saturated carbocycles. The first-order valence-corrected chi connectivity index (χ1v) is 7.44. The average Bonchev–Trinajstić information content (AvgIpc) is 2.24. The van der Waals surface area contributed by atoms with E-state index in [1.807, 2.05) is 20.8 Å². The molecule has 0 aromatic heterocycles. The van der Waals surface area contributed by atoms with Crippen molar-refractivity contribution in [1.29, 1.82) is 0 Å². The molecule has 0 aliphatic carbocycles. The summed E-state index contributed by atoms with van der Waals surface area (Å²) in [4.78, 5) is 13.8. The Morgan fingerprint density at radius 2 is 1.80 bits per heavy atom. The Bertz CT molecular complexity index is 273. The SMILES string of the molecule is CC(C)C(CNCCN(C)C)CNC(=O)OC(C)(C)C. The maximum absolute atomic E-state index is 11.6. The van der Waals surface area contributed by atoms with Gasteiger partial charge in [-0.15, -0.1) is 0 Å². The minimum absolute atomic E-state index is 0.337. The highest BCUT2D eigenvalue weighted by molar-refractivity contribution is 5.67. The minimum Gasteiger partial charge on any atom is -0.444 e. The van der Waals surface area contributed by atoms with Crippen LogP contribution in [0.3, 0.4) is 0 Å². The van der Waals surface area contributed by atoms with E-state index in [2.05, 4.69) is 43.5 Å². The second kappa shape index (κ2) is 9.19. The number of alkyl carbamates (subject to hydrolysis) is 1. The summed E-state index contributed by atoms with van der Waals surface area (Å²) < 4.78 is 5.25.